The van der Waals surface area contributed by atoms with Crippen LogP contribution in [-0.2, 0) is 9.53 Å². The lowest BCUT2D eigenvalue weighted by Crippen LogP contribution is -2.05. The summed E-state index contributed by atoms with van der Waals surface area (Å²) in [6.45, 7) is 1.81. The van der Waals surface area contributed by atoms with Crippen LogP contribution in [0.5, 0.6) is 0 Å². The molecule has 0 N–H and O–H groups in total. The lowest BCUT2D eigenvalue weighted by atomic mass is 10.2. The lowest BCUT2D eigenvalue weighted by Gasteiger charge is -2.03. The minimum Gasteiger partial charge on any atom is -0.462 e. The summed E-state index contributed by atoms with van der Waals surface area (Å²) in [5.74, 6) is -1.15. The second kappa shape index (κ2) is 6.78. The molecule has 0 amide bonds. The van der Waals surface area contributed by atoms with Gasteiger partial charge in [-0.1, -0.05) is 27.1 Å². The molecule has 0 radical (unpaired) electrons. The Morgan fingerprint density at radius 3 is 2.94 bits per heavy atom. The van der Waals surface area contributed by atoms with Crippen molar-refractivity contribution in [1.82, 2.24) is 0 Å². The van der Waals surface area contributed by atoms with Crippen molar-refractivity contribution in [2.45, 2.75) is 6.92 Å². The van der Waals surface area contributed by atoms with Gasteiger partial charge >= 0.3 is 5.97 Å². The number of halogens is 2. The van der Waals surface area contributed by atoms with Gasteiger partial charge in [0, 0.05) is 9.38 Å². The third-order valence-corrected chi connectivity index (χ3v) is 2.58. The van der Waals surface area contributed by atoms with Crippen LogP contribution in [-0.4, -0.2) is 12.6 Å². The topological polar surface area (TPSA) is 75.1 Å². The van der Waals surface area contributed by atoms with Crippen LogP contribution in [0.3, 0.4) is 0 Å². The van der Waals surface area contributed by atoms with Gasteiger partial charge in [-0.2, -0.15) is 0 Å². The zero-order chi connectivity index (χ0) is 13.5. The highest BCUT2D eigenvalue weighted by Crippen LogP contribution is 2.21. The maximum atomic E-state index is 12.9. The number of carbonyl (C=O) groups excluding carboxylic acids is 1. The standard InChI is InChI=1S/C11H9BrFN3O2/c1-2-18-11(17)10(15-16-14)5-7-3-4-8(13)6-9(7)12/h3-6H,2H2,1H3. The first-order valence-electron chi connectivity index (χ1n) is 4.97. The van der Waals surface area contributed by atoms with Crippen molar-refractivity contribution in [3.05, 3.63) is 50.2 Å². The molecule has 0 heterocycles. The van der Waals surface area contributed by atoms with Crippen molar-refractivity contribution in [3.8, 4) is 0 Å². The van der Waals surface area contributed by atoms with Gasteiger partial charge in [-0.15, -0.1) is 0 Å². The van der Waals surface area contributed by atoms with E-state index in [2.05, 4.69) is 26.0 Å². The first-order chi connectivity index (χ1) is 8.58. The van der Waals surface area contributed by atoms with Crippen LogP contribution in [0.1, 0.15) is 12.5 Å². The molecular weight excluding hydrogens is 305 g/mol. The van der Waals surface area contributed by atoms with Crippen LogP contribution in [0.2, 0.25) is 0 Å². The van der Waals surface area contributed by atoms with Gasteiger partial charge in [0.25, 0.3) is 0 Å². The molecule has 18 heavy (non-hydrogen) atoms. The Labute approximate surface area is 111 Å². The summed E-state index contributed by atoms with van der Waals surface area (Å²) in [7, 11) is 0. The van der Waals surface area contributed by atoms with Crippen LogP contribution in [0, 0.1) is 5.82 Å². The van der Waals surface area contributed by atoms with Crippen LogP contribution < -0.4 is 0 Å². The SMILES string of the molecule is CCOC(=O)C(=Cc1ccc(F)cc1Br)N=[N+]=[N-]. The van der Waals surface area contributed by atoms with E-state index in [-0.39, 0.29) is 12.3 Å². The molecule has 94 valence electrons. The summed E-state index contributed by atoms with van der Waals surface area (Å²) >= 11 is 3.14. The van der Waals surface area contributed by atoms with Gasteiger partial charge in [0.05, 0.1) is 6.61 Å². The predicted octanol–water partition coefficient (Wildman–Crippen LogP) is 3.80. The lowest BCUT2D eigenvalue weighted by molar-refractivity contribution is -0.138. The molecule has 1 aromatic carbocycles. The maximum absolute atomic E-state index is 12.9. The van der Waals surface area contributed by atoms with E-state index in [9.17, 15) is 9.18 Å². The second-order valence-corrected chi connectivity index (χ2v) is 3.96. The third kappa shape index (κ3) is 3.87. The summed E-state index contributed by atoms with van der Waals surface area (Å²) in [6.07, 6.45) is 1.32. The first kappa shape index (κ1) is 14.2. The minimum atomic E-state index is -0.730. The summed E-state index contributed by atoms with van der Waals surface area (Å²) in [5, 5.41) is 3.25. The Balaban J connectivity index is 3.15. The zero-order valence-corrected chi connectivity index (χ0v) is 11.0. The smallest absolute Gasteiger partial charge is 0.340 e. The number of hydrogen-bond acceptors (Lipinski definition) is 3. The van der Waals surface area contributed by atoms with Gasteiger partial charge in [0.1, 0.15) is 11.5 Å². The Bertz CT molecular complexity index is 539. The Morgan fingerprint density at radius 2 is 2.39 bits per heavy atom. The van der Waals surface area contributed by atoms with Crippen LogP contribution >= 0.6 is 15.9 Å². The van der Waals surface area contributed by atoms with Crippen molar-refractivity contribution >= 4 is 28.0 Å². The largest absolute Gasteiger partial charge is 0.462 e. The van der Waals surface area contributed by atoms with Crippen LogP contribution in [0.15, 0.2) is 33.5 Å². The predicted molar refractivity (Wildman–Crippen MR) is 67.9 cm³/mol. The Kier molecular flexibility index (Phi) is 5.35. The fourth-order valence-electron chi connectivity index (χ4n) is 1.15. The van der Waals surface area contributed by atoms with Gasteiger partial charge in [-0.3, -0.25) is 0 Å². The fourth-order valence-corrected chi connectivity index (χ4v) is 1.61. The molecule has 0 saturated heterocycles. The average Bonchev–Trinajstić information content (AvgIpc) is 2.32. The second-order valence-electron chi connectivity index (χ2n) is 3.11. The molecule has 0 unspecified atom stereocenters. The summed E-state index contributed by atoms with van der Waals surface area (Å²) in [4.78, 5) is 14.0. The zero-order valence-electron chi connectivity index (χ0n) is 9.43. The highest BCUT2D eigenvalue weighted by molar-refractivity contribution is 9.10. The van der Waals surface area contributed by atoms with Gasteiger partial charge in [-0.05, 0) is 36.2 Å². The molecule has 0 saturated carbocycles. The van der Waals surface area contributed by atoms with E-state index in [4.69, 9.17) is 10.3 Å². The monoisotopic (exact) mass is 313 g/mol. The van der Waals surface area contributed by atoms with E-state index in [0.29, 0.717) is 10.0 Å². The molecule has 5 nitrogen and oxygen atoms in total. The van der Waals surface area contributed by atoms with Gasteiger partial charge in [0.15, 0.2) is 0 Å². The van der Waals surface area contributed by atoms with Crippen molar-refractivity contribution in [1.29, 1.82) is 0 Å². The van der Waals surface area contributed by atoms with Crippen LogP contribution in [0.25, 0.3) is 16.5 Å². The minimum absolute atomic E-state index is 0.168. The van der Waals surface area contributed by atoms with Crippen molar-refractivity contribution in [3.63, 3.8) is 0 Å². The number of hydrogen-bond donors (Lipinski definition) is 0. The first-order valence-corrected chi connectivity index (χ1v) is 5.76. The third-order valence-electron chi connectivity index (χ3n) is 1.89. The maximum Gasteiger partial charge on any atom is 0.340 e. The van der Waals surface area contributed by atoms with Gasteiger partial charge in [0.2, 0.25) is 0 Å². The normalized spacial score (nSPS) is 10.7. The number of esters is 1. The molecule has 0 atom stereocenters. The molecule has 0 fully saturated rings. The molecular formula is C11H9BrFN3O2. The number of benzene rings is 1. The summed E-state index contributed by atoms with van der Waals surface area (Å²) in [5.41, 5.74) is 8.70. The van der Waals surface area contributed by atoms with E-state index in [1.807, 2.05) is 0 Å². The van der Waals surface area contributed by atoms with Gasteiger partial charge in [-0.25, -0.2) is 9.18 Å². The van der Waals surface area contributed by atoms with E-state index in [1.54, 1.807) is 6.92 Å². The number of carbonyl (C=O) groups is 1. The number of ether oxygens (including phenoxy) is 1. The molecule has 0 aromatic heterocycles. The quantitative estimate of drug-likeness (QED) is 0.279. The highest BCUT2D eigenvalue weighted by atomic mass is 79.9. The van der Waals surface area contributed by atoms with E-state index >= 15 is 0 Å². The molecule has 0 aliphatic carbocycles. The number of nitrogens with zero attached hydrogens (tertiary/aromatic N) is 3. The molecule has 0 spiro atoms. The number of azide groups is 1. The summed E-state index contributed by atoms with van der Waals surface area (Å²) < 4.78 is 18.1. The van der Waals surface area contributed by atoms with Crippen molar-refractivity contribution in [2.24, 2.45) is 5.11 Å². The van der Waals surface area contributed by atoms with Crippen molar-refractivity contribution in [2.75, 3.05) is 6.61 Å². The molecule has 1 aromatic rings. The molecule has 0 aliphatic heterocycles. The van der Waals surface area contributed by atoms with E-state index < -0.39 is 11.8 Å². The Morgan fingerprint density at radius 1 is 1.67 bits per heavy atom. The molecule has 0 bridgehead atoms. The molecule has 1 rings (SSSR count). The fraction of sp³-hybridized carbons (Fsp3) is 0.182. The van der Waals surface area contributed by atoms with Crippen molar-refractivity contribution < 1.29 is 13.9 Å². The summed E-state index contributed by atoms with van der Waals surface area (Å²) in [6, 6.07) is 3.92. The van der Waals surface area contributed by atoms with Crippen LogP contribution in [0.4, 0.5) is 4.39 Å². The number of rotatable bonds is 4. The molecule has 0 aliphatic rings. The Hall–Kier alpha value is -1.85. The van der Waals surface area contributed by atoms with E-state index in [0.717, 1.165) is 0 Å². The van der Waals surface area contributed by atoms with Gasteiger partial charge < -0.3 is 4.74 Å². The molecule has 7 heteroatoms. The highest BCUT2D eigenvalue weighted by Gasteiger charge is 2.09. The average molecular weight is 314 g/mol. The van der Waals surface area contributed by atoms with E-state index in [1.165, 1.54) is 24.3 Å².